The molecule has 4 nitrogen and oxygen atoms in total. The van der Waals surface area contributed by atoms with Crippen molar-refractivity contribution < 1.29 is 0 Å². The van der Waals surface area contributed by atoms with Gasteiger partial charge in [-0.3, -0.25) is 0 Å². The topological polar surface area (TPSA) is 41.9 Å². The Morgan fingerprint density at radius 2 is 1.36 bits per heavy atom. The molecule has 11 heavy (non-hydrogen) atoms. The van der Waals surface area contributed by atoms with E-state index in [1.54, 1.807) is 0 Å². The molecule has 0 bridgehead atoms. The SMILES string of the molecule is Cc1nc(C)nc(N(C)C)n1. The Morgan fingerprint density at radius 1 is 0.909 bits per heavy atom. The Bertz CT molecular complexity index is 236. The highest BCUT2D eigenvalue weighted by molar-refractivity contribution is 5.25. The molecular formula is C7H12N4. The van der Waals surface area contributed by atoms with Gasteiger partial charge < -0.3 is 4.90 Å². The summed E-state index contributed by atoms with van der Waals surface area (Å²) in [5.74, 6) is 2.25. The molecule has 0 fully saturated rings. The first-order chi connectivity index (χ1) is 5.09. The molecule has 0 unspecified atom stereocenters. The second-order valence-corrected chi connectivity index (χ2v) is 2.62. The van der Waals surface area contributed by atoms with Crippen LogP contribution < -0.4 is 4.90 Å². The average Bonchev–Trinajstić information content (AvgIpc) is 1.85. The van der Waals surface area contributed by atoms with Gasteiger partial charge in [-0.05, 0) is 13.8 Å². The highest BCUT2D eigenvalue weighted by Gasteiger charge is 2.00. The third-order valence-electron chi connectivity index (χ3n) is 1.25. The monoisotopic (exact) mass is 152 g/mol. The van der Waals surface area contributed by atoms with Gasteiger partial charge in [-0.15, -0.1) is 0 Å². The van der Waals surface area contributed by atoms with Crippen LogP contribution in [0.3, 0.4) is 0 Å². The first kappa shape index (κ1) is 7.91. The predicted molar refractivity (Wildman–Crippen MR) is 43.6 cm³/mol. The fourth-order valence-corrected chi connectivity index (χ4v) is 0.799. The first-order valence-corrected chi connectivity index (χ1v) is 3.46. The summed E-state index contributed by atoms with van der Waals surface area (Å²) in [6, 6.07) is 0. The van der Waals surface area contributed by atoms with E-state index in [9.17, 15) is 0 Å². The Labute approximate surface area is 66.3 Å². The molecule has 1 aromatic rings. The second-order valence-electron chi connectivity index (χ2n) is 2.62. The zero-order valence-corrected chi connectivity index (χ0v) is 7.29. The largest absolute Gasteiger partial charge is 0.347 e. The molecule has 60 valence electrons. The summed E-state index contributed by atoms with van der Waals surface area (Å²) in [7, 11) is 3.82. The highest BCUT2D eigenvalue weighted by Crippen LogP contribution is 2.01. The predicted octanol–water partition coefficient (Wildman–Crippen LogP) is 0.554. The number of aryl methyl sites for hydroxylation is 2. The second kappa shape index (κ2) is 2.82. The maximum absolute atomic E-state index is 4.14. The molecule has 0 aliphatic rings. The van der Waals surface area contributed by atoms with Crippen molar-refractivity contribution in [1.82, 2.24) is 15.0 Å². The lowest BCUT2D eigenvalue weighted by atomic mass is 10.6. The summed E-state index contributed by atoms with van der Waals surface area (Å²) in [4.78, 5) is 14.2. The van der Waals surface area contributed by atoms with Gasteiger partial charge in [0.2, 0.25) is 5.95 Å². The van der Waals surface area contributed by atoms with Crippen molar-refractivity contribution in [3.63, 3.8) is 0 Å². The number of nitrogens with zero attached hydrogens (tertiary/aromatic N) is 4. The first-order valence-electron chi connectivity index (χ1n) is 3.46. The van der Waals surface area contributed by atoms with E-state index in [0.29, 0.717) is 0 Å². The molecule has 0 atom stereocenters. The van der Waals surface area contributed by atoms with E-state index < -0.39 is 0 Å². The fraction of sp³-hybridized carbons (Fsp3) is 0.571. The minimum Gasteiger partial charge on any atom is -0.347 e. The Morgan fingerprint density at radius 3 is 1.73 bits per heavy atom. The van der Waals surface area contributed by atoms with Crippen molar-refractivity contribution in [1.29, 1.82) is 0 Å². The summed E-state index contributed by atoms with van der Waals surface area (Å²) in [5, 5.41) is 0. The summed E-state index contributed by atoms with van der Waals surface area (Å²) >= 11 is 0. The molecule has 0 spiro atoms. The molecule has 0 aromatic carbocycles. The minimum absolute atomic E-state index is 0.718. The van der Waals surface area contributed by atoms with Crippen molar-refractivity contribution >= 4 is 5.95 Å². The van der Waals surface area contributed by atoms with Crippen LogP contribution in [0.5, 0.6) is 0 Å². The molecule has 0 saturated carbocycles. The Hall–Kier alpha value is -1.19. The van der Waals surface area contributed by atoms with Crippen LogP contribution in [0.1, 0.15) is 11.6 Å². The van der Waals surface area contributed by atoms with Gasteiger partial charge in [0.25, 0.3) is 0 Å². The van der Waals surface area contributed by atoms with Gasteiger partial charge in [0.05, 0.1) is 0 Å². The van der Waals surface area contributed by atoms with Crippen molar-refractivity contribution in [2.75, 3.05) is 19.0 Å². The van der Waals surface area contributed by atoms with Gasteiger partial charge in [0, 0.05) is 14.1 Å². The van der Waals surface area contributed by atoms with Gasteiger partial charge in [-0.25, -0.2) is 4.98 Å². The number of aromatic nitrogens is 3. The maximum atomic E-state index is 4.14. The number of hydrogen-bond donors (Lipinski definition) is 0. The van der Waals surface area contributed by atoms with E-state index in [1.165, 1.54) is 0 Å². The van der Waals surface area contributed by atoms with Crippen molar-refractivity contribution in [3.05, 3.63) is 11.6 Å². The van der Waals surface area contributed by atoms with Crippen LogP contribution in [-0.2, 0) is 0 Å². The van der Waals surface area contributed by atoms with Crippen molar-refractivity contribution in [2.24, 2.45) is 0 Å². The van der Waals surface area contributed by atoms with Crippen molar-refractivity contribution in [3.8, 4) is 0 Å². The van der Waals surface area contributed by atoms with E-state index in [1.807, 2.05) is 32.8 Å². The Kier molecular flexibility index (Phi) is 2.03. The number of rotatable bonds is 1. The smallest absolute Gasteiger partial charge is 0.228 e. The van der Waals surface area contributed by atoms with Crippen LogP contribution in [0, 0.1) is 13.8 Å². The van der Waals surface area contributed by atoms with E-state index in [-0.39, 0.29) is 0 Å². The average molecular weight is 152 g/mol. The van der Waals surface area contributed by atoms with Gasteiger partial charge in [0.15, 0.2) is 0 Å². The molecule has 0 saturated heterocycles. The van der Waals surface area contributed by atoms with Crippen LogP contribution in [0.25, 0.3) is 0 Å². The Balaban J connectivity index is 3.08. The summed E-state index contributed by atoms with van der Waals surface area (Å²) in [6.45, 7) is 3.73. The molecule has 0 aliphatic heterocycles. The van der Waals surface area contributed by atoms with E-state index >= 15 is 0 Å². The molecule has 0 N–H and O–H groups in total. The lowest BCUT2D eigenvalue weighted by Crippen LogP contribution is -2.14. The summed E-state index contributed by atoms with van der Waals surface area (Å²) in [6.07, 6.45) is 0. The van der Waals surface area contributed by atoms with Crippen LogP contribution >= 0.6 is 0 Å². The number of anilines is 1. The van der Waals surface area contributed by atoms with Gasteiger partial charge in [-0.2, -0.15) is 9.97 Å². The molecule has 0 radical (unpaired) electrons. The zero-order valence-electron chi connectivity index (χ0n) is 7.29. The third-order valence-corrected chi connectivity index (χ3v) is 1.25. The van der Waals surface area contributed by atoms with E-state index in [0.717, 1.165) is 17.6 Å². The van der Waals surface area contributed by atoms with E-state index in [2.05, 4.69) is 15.0 Å². The normalized spacial score (nSPS) is 9.82. The fourth-order valence-electron chi connectivity index (χ4n) is 0.799. The quantitative estimate of drug-likeness (QED) is 0.589. The zero-order chi connectivity index (χ0) is 8.43. The lowest BCUT2D eigenvalue weighted by molar-refractivity contribution is 0.880. The van der Waals surface area contributed by atoms with Crippen LogP contribution in [0.2, 0.25) is 0 Å². The lowest BCUT2D eigenvalue weighted by Gasteiger charge is -2.09. The van der Waals surface area contributed by atoms with Gasteiger partial charge in [-0.1, -0.05) is 0 Å². The summed E-state index contributed by atoms with van der Waals surface area (Å²) in [5.41, 5.74) is 0. The molecule has 1 rings (SSSR count). The maximum Gasteiger partial charge on any atom is 0.228 e. The van der Waals surface area contributed by atoms with Crippen molar-refractivity contribution in [2.45, 2.75) is 13.8 Å². The molecule has 1 heterocycles. The van der Waals surface area contributed by atoms with Gasteiger partial charge in [0.1, 0.15) is 11.6 Å². The molecule has 1 aromatic heterocycles. The van der Waals surface area contributed by atoms with Crippen LogP contribution in [0.4, 0.5) is 5.95 Å². The third kappa shape index (κ3) is 1.86. The van der Waals surface area contributed by atoms with E-state index in [4.69, 9.17) is 0 Å². The molecule has 0 aliphatic carbocycles. The summed E-state index contributed by atoms with van der Waals surface area (Å²) < 4.78 is 0. The molecule has 4 heteroatoms. The number of hydrogen-bond acceptors (Lipinski definition) is 4. The molecule has 0 amide bonds. The standard InChI is InChI=1S/C7H12N4/c1-5-8-6(2)10-7(9-5)11(3)4/h1-4H3. The molecular weight excluding hydrogens is 140 g/mol. The minimum atomic E-state index is 0.718. The van der Waals surface area contributed by atoms with Crippen LogP contribution in [0.15, 0.2) is 0 Å². The van der Waals surface area contributed by atoms with Crippen LogP contribution in [-0.4, -0.2) is 29.0 Å². The highest BCUT2D eigenvalue weighted by atomic mass is 15.2. The van der Waals surface area contributed by atoms with Gasteiger partial charge >= 0.3 is 0 Å².